The van der Waals surface area contributed by atoms with Gasteiger partial charge in [-0.1, -0.05) is 0 Å². The van der Waals surface area contributed by atoms with Crippen LogP contribution in [-0.2, 0) is 0 Å². The maximum atomic E-state index is 12.6. The SMILES string of the molecule is CNCCC1CCCCN1C(=O)c1ccc(Br)c(O)c1. The van der Waals surface area contributed by atoms with Gasteiger partial charge in [-0.3, -0.25) is 4.79 Å². The number of benzene rings is 1. The predicted molar refractivity (Wildman–Crippen MR) is 83.0 cm³/mol. The van der Waals surface area contributed by atoms with Gasteiger partial charge in [-0.15, -0.1) is 0 Å². The topological polar surface area (TPSA) is 52.6 Å². The van der Waals surface area contributed by atoms with Crippen LogP contribution in [-0.4, -0.2) is 42.1 Å². The molecule has 0 bridgehead atoms. The molecule has 0 spiro atoms. The van der Waals surface area contributed by atoms with Crippen LogP contribution in [0.25, 0.3) is 0 Å². The molecule has 0 aromatic heterocycles. The number of nitrogens with zero attached hydrogens (tertiary/aromatic N) is 1. The highest BCUT2D eigenvalue weighted by Crippen LogP contribution is 2.27. The first-order chi connectivity index (χ1) is 9.63. The number of piperidine rings is 1. The van der Waals surface area contributed by atoms with Gasteiger partial charge in [0.2, 0.25) is 0 Å². The second kappa shape index (κ2) is 7.09. The van der Waals surface area contributed by atoms with E-state index in [2.05, 4.69) is 21.2 Å². The molecule has 20 heavy (non-hydrogen) atoms. The van der Waals surface area contributed by atoms with Crippen molar-refractivity contribution in [1.82, 2.24) is 10.2 Å². The minimum Gasteiger partial charge on any atom is -0.507 e. The van der Waals surface area contributed by atoms with Crippen molar-refractivity contribution < 1.29 is 9.90 Å². The van der Waals surface area contributed by atoms with Crippen LogP contribution in [0, 0.1) is 0 Å². The van der Waals surface area contributed by atoms with E-state index in [0.717, 1.165) is 32.4 Å². The average molecular weight is 341 g/mol. The standard InChI is InChI=1S/C15H21BrN2O2/c1-17-8-7-12-4-2-3-9-18(12)15(20)11-5-6-13(16)14(19)10-11/h5-6,10,12,17,19H,2-4,7-9H2,1H3. The van der Waals surface area contributed by atoms with Gasteiger partial charge in [-0.05, 0) is 73.4 Å². The van der Waals surface area contributed by atoms with Gasteiger partial charge in [-0.25, -0.2) is 0 Å². The maximum Gasteiger partial charge on any atom is 0.254 e. The third-order valence-electron chi connectivity index (χ3n) is 3.81. The number of halogens is 1. The van der Waals surface area contributed by atoms with Crippen molar-refractivity contribution in [2.45, 2.75) is 31.7 Å². The number of rotatable bonds is 4. The van der Waals surface area contributed by atoms with Crippen molar-refractivity contribution in [3.8, 4) is 5.75 Å². The van der Waals surface area contributed by atoms with E-state index < -0.39 is 0 Å². The van der Waals surface area contributed by atoms with Crippen molar-refractivity contribution in [1.29, 1.82) is 0 Å². The number of phenolic OH excluding ortho intramolecular Hbond substituents is 1. The Hall–Kier alpha value is -1.07. The van der Waals surface area contributed by atoms with Gasteiger partial charge in [0.15, 0.2) is 0 Å². The molecule has 2 rings (SSSR count). The largest absolute Gasteiger partial charge is 0.507 e. The molecule has 2 N–H and O–H groups in total. The molecule has 1 aromatic rings. The summed E-state index contributed by atoms with van der Waals surface area (Å²) in [6.07, 6.45) is 4.29. The molecular formula is C15H21BrN2O2. The zero-order valence-electron chi connectivity index (χ0n) is 11.7. The predicted octanol–water partition coefficient (Wildman–Crippen LogP) is 2.76. The highest BCUT2D eigenvalue weighted by atomic mass is 79.9. The molecule has 0 aliphatic carbocycles. The molecule has 110 valence electrons. The van der Waals surface area contributed by atoms with Crippen molar-refractivity contribution in [2.75, 3.05) is 20.1 Å². The quantitative estimate of drug-likeness (QED) is 0.886. The lowest BCUT2D eigenvalue weighted by molar-refractivity contribution is 0.0602. The highest BCUT2D eigenvalue weighted by molar-refractivity contribution is 9.10. The number of carbonyl (C=O) groups excluding carboxylic acids is 1. The molecule has 1 aliphatic heterocycles. The molecule has 4 nitrogen and oxygen atoms in total. The summed E-state index contributed by atoms with van der Waals surface area (Å²) in [5, 5.41) is 12.9. The smallest absolute Gasteiger partial charge is 0.254 e. The molecule has 1 aromatic carbocycles. The normalized spacial score (nSPS) is 19.1. The minimum absolute atomic E-state index is 0.0219. The Morgan fingerprint density at radius 1 is 1.50 bits per heavy atom. The maximum absolute atomic E-state index is 12.6. The Labute approximate surface area is 128 Å². The molecule has 1 fully saturated rings. The highest BCUT2D eigenvalue weighted by Gasteiger charge is 2.27. The van der Waals surface area contributed by atoms with Crippen LogP contribution < -0.4 is 5.32 Å². The zero-order valence-corrected chi connectivity index (χ0v) is 13.3. The molecule has 1 aliphatic rings. The Morgan fingerprint density at radius 3 is 3.00 bits per heavy atom. The Bertz CT molecular complexity index is 479. The number of phenols is 1. The molecule has 0 saturated carbocycles. The number of hydrogen-bond donors (Lipinski definition) is 2. The van der Waals surface area contributed by atoms with Gasteiger partial charge < -0.3 is 15.3 Å². The van der Waals surface area contributed by atoms with Crippen molar-refractivity contribution in [3.05, 3.63) is 28.2 Å². The molecule has 1 amide bonds. The lowest BCUT2D eigenvalue weighted by Crippen LogP contribution is -2.44. The van der Waals surface area contributed by atoms with Crippen molar-refractivity contribution in [3.63, 3.8) is 0 Å². The molecule has 5 heteroatoms. The summed E-state index contributed by atoms with van der Waals surface area (Å²) in [7, 11) is 1.93. The van der Waals surface area contributed by atoms with E-state index in [1.54, 1.807) is 12.1 Å². The van der Waals surface area contributed by atoms with Crippen LogP contribution in [0.1, 0.15) is 36.0 Å². The summed E-state index contributed by atoms with van der Waals surface area (Å²) in [5.74, 6) is 0.133. The van der Waals surface area contributed by atoms with Gasteiger partial charge in [0.25, 0.3) is 5.91 Å². The summed E-state index contributed by atoms with van der Waals surface area (Å²) in [4.78, 5) is 14.6. The Balaban J connectivity index is 2.14. The van der Waals surface area contributed by atoms with Crippen LogP contribution >= 0.6 is 15.9 Å². The minimum atomic E-state index is 0.0219. The third kappa shape index (κ3) is 3.52. The monoisotopic (exact) mass is 340 g/mol. The van der Waals surface area contributed by atoms with Crippen LogP contribution in [0.15, 0.2) is 22.7 Å². The van der Waals surface area contributed by atoms with Crippen molar-refractivity contribution in [2.24, 2.45) is 0 Å². The molecular weight excluding hydrogens is 320 g/mol. The van der Waals surface area contributed by atoms with E-state index in [1.807, 2.05) is 11.9 Å². The number of amides is 1. The summed E-state index contributed by atoms with van der Waals surface area (Å²) >= 11 is 3.24. The van der Waals surface area contributed by atoms with E-state index in [0.29, 0.717) is 16.1 Å². The lowest BCUT2D eigenvalue weighted by atomic mass is 9.98. The number of likely N-dealkylation sites (tertiary alicyclic amines) is 1. The first-order valence-corrected chi connectivity index (χ1v) is 7.87. The van der Waals surface area contributed by atoms with Crippen molar-refractivity contribution >= 4 is 21.8 Å². The molecule has 1 unspecified atom stereocenters. The van der Waals surface area contributed by atoms with Gasteiger partial charge in [-0.2, -0.15) is 0 Å². The van der Waals surface area contributed by atoms with Gasteiger partial charge >= 0.3 is 0 Å². The second-order valence-corrected chi connectivity index (χ2v) is 6.06. The summed E-state index contributed by atoms with van der Waals surface area (Å²) < 4.78 is 0.611. The molecule has 1 atom stereocenters. The molecule has 0 radical (unpaired) electrons. The number of hydrogen-bond acceptors (Lipinski definition) is 3. The number of aromatic hydroxyl groups is 1. The van der Waals surface area contributed by atoms with E-state index in [-0.39, 0.29) is 11.7 Å². The molecule has 1 saturated heterocycles. The molecule has 1 heterocycles. The lowest BCUT2D eigenvalue weighted by Gasteiger charge is -2.36. The van der Waals surface area contributed by atoms with Gasteiger partial charge in [0, 0.05) is 18.2 Å². The Kier molecular flexibility index (Phi) is 5.43. The van der Waals surface area contributed by atoms with Gasteiger partial charge in [0.1, 0.15) is 5.75 Å². The summed E-state index contributed by atoms with van der Waals surface area (Å²) in [5.41, 5.74) is 0.557. The summed E-state index contributed by atoms with van der Waals surface area (Å²) in [6.45, 7) is 1.73. The zero-order chi connectivity index (χ0) is 14.5. The Morgan fingerprint density at radius 2 is 2.30 bits per heavy atom. The van der Waals surface area contributed by atoms with Crippen LogP contribution in [0.2, 0.25) is 0 Å². The van der Waals surface area contributed by atoms with Gasteiger partial charge in [0.05, 0.1) is 4.47 Å². The summed E-state index contributed by atoms with van der Waals surface area (Å²) in [6, 6.07) is 5.32. The fourth-order valence-electron chi connectivity index (χ4n) is 2.69. The second-order valence-electron chi connectivity index (χ2n) is 5.21. The van der Waals surface area contributed by atoms with Crippen LogP contribution in [0.4, 0.5) is 0 Å². The first kappa shape index (κ1) is 15.3. The number of carbonyl (C=O) groups is 1. The van der Waals surface area contributed by atoms with Crippen LogP contribution in [0.3, 0.4) is 0 Å². The van der Waals surface area contributed by atoms with E-state index >= 15 is 0 Å². The van der Waals surface area contributed by atoms with E-state index in [4.69, 9.17) is 0 Å². The van der Waals surface area contributed by atoms with E-state index in [1.165, 1.54) is 12.5 Å². The average Bonchev–Trinajstić information content (AvgIpc) is 2.47. The first-order valence-electron chi connectivity index (χ1n) is 7.07. The number of nitrogens with one attached hydrogen (secondary N) is 1. The van der Waals surface area contributed by atoms with E-state index in [9.17, 15) is 9.90 Å². The fraction of sp³-hybridized carbons (Fsp3) is 0.533. The third-order valence-corrected chi connectivity index (χ3v) is 4.48. The van der Waals surface area contributed by atoms with Crippen LogP contribution in [0.5, 0.6) is 5.75 Å². The fourth-order valence-corrected chi connectivity index (χ4v) is 2.94.